The summed E-state index contributed by atoms with van der Waals surface area (Å²) in [5.41, 5.74) is 1.28. The van der Waals surface area contributed by atoms with Crippen LogP contribution in [0.1, 0.15) is 11.1 Å². The largest absolute Gasteiger partial charge is 0.489 e. The van der Waals surface area contributed by atoms with E-state index in [-0.39, 0.29) is 18.6 Å². The van der Waals surface area contributed by atoms with Crippen molar-refractivity contribution in [3.05, 3.63) is 68.5 Å². The van der Waals surface area contributed by atoms with E-state index < -0.39 is 5.91 Å². The third-order valence-corrected chi connectivity index (χ3v) is 6.11. The second-order valence-electron chi connectivity index (χ2n) is 6.35. The summed E-state index contributed by atoms with van der Waals surface area (Å²) in [4.78, 5) is 26.9. The molecular weight excluding hydrogens is 494 g/mol. The van der Waals surface area contributed by atoms with Gasteiger partial charge in [0.05, 0.1) is 11.4 Å². The van der Waals surface area contributed by atoms with E-state index in [0.29, 0.717) is 44.9 Å². The van der Waals surface area contributed by atoms with Crippen LogP contribution in [0.3, 0.4) is 0 Å². The van der Waals surface area contributed by atoms with Crippen molar-refractivity contribution in [1.29, 1.82) is 0 Å². The van der Waals surface area contributed by atoms with Crippen LogP contribution in [0.15, 0.2) is 52.4 Å². The van der Waals surface area contributed by atoms with Gasteiger partial charge < -0.3 is 14.2 Å². The lowest BCUT2D eigenvalue weighted by Gasteiger charge is -2.14. The number of rotatable bonds is 6. The van der Waals surface area contributed by atoms with Gasteiger partial charge in [0.15, 0.2) is 11.5 Å². The summed E-state index contributed by atoms with van der Waals surface area (Å²) in [6.07, 6.45) is 3.28. The first-order chi connectivity index (χ1) is 14.5. The molecule has 2 aromatic rings. The van der Waals surface area contributed by atoms with Gasteiger partial charge in [0, 0.05) is 21.1 Å². The molecular formula is C21H15BrClNO5S. The highest BCUT2D eigenvalue weighted by Gasteiger charge is 2.36. The first-order valence-corrected chi connectivity index (χ1v) is 10.8. The van der Waals surface area contributed by atoms with Gasteiger partial charge in [0.2, 0.25) is 6.79 Å². The topological polar surface area (TPSA) is 65.1 Å². The maximum Gasteiger partial charge on any atom is 0.293 e. The van der Waals surface area contributed by atoms with Crippen LogP contribution in [0, 0.1) is 0 Å². The number of amides is 2. The van der Waals surface area contributed by atoms with E-state index >= 15 is 0 Å². The standard InChI is InChI=1S/C21H15BrClNO5S/c1-2-5-27-16-4-3-14(22)6-12(16)8-19-20(25)24(21(26)30-19)10-13-7-17-18(9-15(13)23)29-11-28-17/h2-4,6-9H,1,5,10-11H2/b19-8-. The summed E-state index contributed by atoms with van der Waals surface area (Å²) >= 11 is 10.6. The number of fused-ring (bicyclic) bond motifs is 1. The molecule has 2 aliphatic heterocycles. The van der Waals surface area contributed by atoms with E-state index in [4.69, 9.17) is 25.8 Å². The van der Waals surface area contributed by atoms with Gasteiger partial charge in [-0.25, -0.2) is 0 Å². The van der Waals surface area contributed by atoms with E-state index in [1.807, 2.05) is 12.1 Å². The van der Waals surface area contributed by atoms with Gasteiger partial charge in [-0.1, -0.05) is 40.2 Å². The van der Waals surface area contributed by atoms with Crippen molar-refractivity contribution < 1.29 is 23.8 Å². The molecule has 6 nitrogen and oxygen atoms in total. The van der Waals surface area contributed by atoms with E-state index in [9.17, 15) is 9.59 Å². The second-order valence-corrected chi connectivity index (χ2v) is 8.66. The van der Waals surface area contributed by atoms with Crippen LogP contribution in [0.25, 0.3) is 6.08 Å². The third-order valence-electron chi connectivity index (χ3n) is 4.36. The molecule has 0 unspecified atom stereocenters. The minimum atomic E-state index is -0.395. The smallest absolute Gasteiger partial charge is 0.293 e. The SMILES string of the molecule is C=CCOc1ccc(Br)cc1/C=C1\SC(=O)N(Cc2cc3c(cc2Cl)OCO3)C1=O. The monoisotopic (exact) mass is 507 g/mol. The predicted octanol–water partition coefficient (Wildman–Crippen LogP) is 5.63. The van der Waals surface area contributed by atoms with Crippen LogP contribution in [0.5, 0.6) is 17.2 Å². The molecule has 0 atom stereocenters. The molecule has 0 bridgehead atoms. The van der Waals surface area contributed by atoms with Crippen LogP contribution in [0.4, 0.5) is 4.79 Å². The zero-order valence-corrected chi connectivity index (χ0v) is 18.7. The Labute approximate surface area is 190 Å². The number of hydrogen-bond acceptors (Lipinski definition) is 6. The summed E-state index contributed by atoms with van der Waals surface area (Å²) in [6, 6.07) is 8.76. The summed E-state index contributed by atoms with van der Waals surface area (Å²) < 4.78 is 17.1. The fraction of sp³-hybridized carbons (Fsp3) is 0.143. The van der Waals surface area contributed by atoms with Gasteiger partial charge in [-0.3, -0.25) is 14.5 Å². The summed E-state index contributed by atoms with van der Waals surface area (Å²) in [7, 11) is 0. The maximum absolute atomic E-state index is 12.9. The molecule has 0 spiro atoms. The Balaban J connectivity index is 1.59. The van der Waals surface area contributed by atoms with Crippen molar-refractivity contribution in [2.45, 2.75) is 6.54 Å². The van der Waals surface area contributed by atoms with E-state index in [0.717, 1.165) is 21.1 Å². The number of benzene rings is 2. The lowest BCUT2D eigenvalue weighted by molar-refractivity contribution is -0.123. The zero-order valence-electron chi connectivity index (χ0n) is 15.5. The molecule has 0 aliphatic carbocycles. The van der Waals surface area contributed by atoms with Crippen LogP contribution < -0.4 is 14.2 Å². The highest BCUT2D eigenvalue weighted by Crippen LogP contribution is 2.40. The quantitative estimate of drug-likeness (QED) is 0.372. The fourth-order valence-corrected chi connectivity index (χ4v) is 4.36. The Morgan fingerprint density at radius 3 is 2.77 bits per heavy atom. The van der Waals surface area contributed by atoms with Gasteiger partial charge in [0.1, 0.15) is 12.4 Å². The molecule has 0 N–H and O–H groups in total. The molecule has 0 saturated carbocycles. The van der Waals surface area contributed by atoms with E-state index in [1.165, 1.54) is 0 Å². The molecule has 2 aromatic carbocycles. The molecule has 9 heteroatoms. The van der Waals surface area contributed by atoms with Gasteiger partial charge >= 0.3 is 0 Å². The molecule has 2 amide bonds. The second kappa shape index (κ2) is 8.75. The molecule has 1 fully saturated rings. The van der Waals surface area contributed by atoms with Crippen LogP contribution in [-0.2, 0) is 11.3 Å². The van der Waals surface area contributed by atoms with Gasteiger partial charge in [-0.2, -0.15) is 0 Å². The Morgan fingerprint density at radius 1 is 1.23 bits per heavy atom. The number of nitrogens with zero attached hydrogens (tertiary/aromatic N) is 1. The first kappa shape index (κ1) is 20.8. The molecule has 1 saturated heterocycles. The number of hydrogen-bond donors (Lipinski definition) is 0. The van der Waals surface area contributed by atoms with Gasteiger partial charge in [-0.15, -0.1) is 0 Å². The molecule has 2 aliphatic rings. The Hall–Kier alpha value is -2.42. The zero-order chi connectivity index (χ0) is 21.3. The number of ether oxygens (including phenoxy) is 3. The summed E-state index contributed by atoms with van der Waals surface area (Å²) in [5.74, 6) is 1.27. The molecule has 2 heterocycles. The van der Waals surface area contributed by atoms with E-state index in [1.54, 1.807) is 30.4 Å². The Kier molecular flexibility index (Phi) is 6.08. The normalized spacial score (nSPS) is 16.5. The third kappa shape index (κ3) is 4.21. The summed E-state index contributed by atoms with van der Waals surface area (Å²) in [5, 5.41) is 0.0259. The van der Waals surface area contributed by atoms with Crippen molar-refractivity contribution in [1.82, 2.24) is 4.90 Å². The number of halogens is 2. The van der Waals surface area contributed by atoms with Crippen LogP contribution >= 0.6 is 39.3 Å². The average molecular weight is 509 g/mol. The molecule has 0 radical (unpaired) electrons. The number of carbonyl (C=O) groups is 2. The molecule has 154 valence electrons. The van der Waals surface area contributed by atoms with Gasteiger partial charge in [0.25, 0.3) is 11.1 Å². The lowest BCUT2D eigenvalue weighted by Crippen LogP contribution is -2.27. The van der Waals surface area contributed by atoms with Crippen molar-refractivity contribution in [3.63, 3.8) is 0 Å². The minimum Gasteiger partial charge on any atom is -0.489 e. The number of imide groups is 1. The van der Waals surface area contributed by atoms with Crippen LogP contribution in [0.2, 0.25) is 5.02 Å². The van der Waals surface area contributed by atoms with Crippen molar-refractivity contribution >= 4 is 56.5 Å². The molecule has 0 aromatic heterocycles. The van der Waals surface area contributed by atoms with Crippen LogP contribution in [-0.4, -0.2) is 29.4 Å². The Bertz CT molecular complexity index is 1090. The highest BCUT2D eigenvalue weighted by atomic mass is 79.9. The van der Waals surface area contributed by atoms with Crippen molar-refractivity contribution in [2.75, 3.05) is 13.4 Å². The highest BCUT2D eigenvalue weighted by molar-refractivity contribution is 9.10. The minimum absolute atomic E-state index is 0.0375. The fourth-order valence-electron chi connectivity index (χ4n) is 2.94. The molecule has 4 rings (SSSR count). The average Bonchev–Trinajstić information content (AvgIpc) is 3.26. The van der Waals surface area contributed by atoms with Crippen molar-refractivity contribution in [2.24, 2.45) is 0 Å². The van der Waals surface area contributed by atoms with Crippen molar-refractivity contribution in [3.8, 4) is 17.2 Å². The summed E-state index contributed by atoms with van der Waals surface area (Å²) in [6.45, 7) is 4.12. The van der Waals surface area contributed by atoms with E-state index in [2.05, 4.69) is 22.5 Å². The lowest BCUT2D eigenvalue weighted by atomic mass is 10.1. The maximum atomic E-state index is 12.9. The number of thioether (sulfide) groups is 1. The number of carbonyl (C=O) groups excluding carboxylic acids is 2. The van der Waals surface area contributed by atoms with Gasteiger partial charge in [-0.05, 0) is 47.7 Å². The molecule has 30 heavy (non-hydrogen) atoms. The predicted molar refractivity (Wildman–Crippen MR) is 119 cm³/mol. The first-order valence-electron chi connectivity index (χ1n) is 8.83. The Morgan fingerprint density at radius 2 is 2.00 bits per heavy atom.